The number of amides is 1. The Kier molecular flexibility index (Phi) is 3.60. The molecule has 1 heterocycles. The van der Waals surface area contributed by atoms with Crippen LogP contribution in [0.4, 0.5) is 0 Å². The molecule has 17 heavy (non-hydrogen) atoms. The molecule has 1 aromatic heterocycles. The summed E-state index contributed by atoms with van der Waals surface area (Å²) < 4.78 is 5.10. The van der Waals surface area contributed by atoms with Crippen molar-refractivity contribution in [2.75, 3.05) is 6.54 Å². The fraction of sp³-hybridized carbons (Fsp3) is 0.500. The lowest BCUT2D eigenvalue weighted by molar-refractivity contribution is -0.147. The SMILES string of the molecule is CCN(C(=O)c1occc1C)C(C)(C)C(=O)O. The van der Waals surface area contributed by atoms with Gasteiger partial charge >= 0.3 is 5.97 Å². The highest BCUT2D eigenvalue weighted by Gasteiger charge is 2.38. The second kappa shape index (κ2) is 4.61. The van der Waals surface area contributed by atoms with Crippen molar-refractivity contribution in [3.63, 3.8) is 0 Å². The number of carboxylic acid groups (broad SMARTS) is 1. The van der Waals surface area contributed by atoms with Gasteiger partial charge < -0.3 is 14.4 Å². The molecule has 1 rings (SSSR count). The van der Waals surface area contributed by atoms with Crippen molar-refractivity contribution < 1.29 is 19.1 Å². The van der Waals surface area contributed by atoms with Crippen LogP contribution in [0.2, 0.25) is 0 Å². The third-order valence-electron chi connectivity index (χ3n) is 2.82. The van der Waals surface area contributed by atoms with E-state index in [-0.39, 0.29) is 5.76 Å². The molecule has 1 aromatic rings. The molecule has 5 heteroatoms. The van der Waals surface area contributed by atoms with Crippen molar-refractivity contribution in [3.8, 4) is 0 Å². The Labute approximate surface area is 100 Å². The summed E-state index contributed by atoms with van der Waals surface area (Å²) in [6, 6.07) is 1.68. The molecule has 0 aromatic carbocycles. The van der Waals surface area contributed by atoms with Crippen LogP contribution in [-0.4, -0.2) is 34.0 Å². The van der Waals surface area contributed by atoms with Crippen LogP contribution < -0.4 is 0 Å². The van der Waals surface area contributed by atoms with Gasteiger partial charge in [-0.05, 0) is 33.8 Å². The summed E-state index contributed by atoms with van der Waals surface area (Å²) in [5, 5.41) is 9.13. The number of hydrogen-bond acceptors (Lipinski definition) is 3. The summed E-state index contributed by atoms with van der Waals surface area (Å²) in [6.07, 6.45) is 1.42. The lowest BCUT2D eigenvalue weighted by Crippen LogP contribution is -2.52. The molecule has 94 valence electrons. The lowest BCUT2D eigenvalue weighted by Gasteiger charge is -2.33. The first kappa shape index (κ1) is 13.3. The Morgan fingerprint density at radius 2 is 2.06 bits per heavy atom. The van der Waals surface area contributed by atoms with E-state index in [0.717, 1.165) is 0 Å². The number of aliphatic carboxylic acids is 1. The zero-order valence-electron chi connectivity index (χ0n) is 10.5. The summed E-state index contributed by atoms with van der Waals surface area (Å²) in [5.41, 5.74) is -0.555. The highest BCUT2D eigenvalue weighted by Crippen LogP contribution is 2.20. The average molecular weight is 239 g/mol. The highest BCUT2D eigenvalue weighted by atomic mass is 16.4. The molecular formula is C12H17NO4. The number of nitrogens with zero attached hydrogens (tertiary/aromatic N) is 1. The summed E-state index contributed by atoms with van der Waals surface area (Å²) in [7, 11) is 0. The van der Waals surface area contributed by atoms with Crippen molar-refractivity contribution in [1.82, 2.24) is 4.90 Å². The number of rotatable bonds is 4. The van der Waals surface area contributed by atoms with Crippen LogP contribution in [0.5, 0.6) is 0 Å². The van der Waals surface area contributed by atoms with Gasteiger partial charge in [-0.15, -0.1) is 0 Å². The van der Waals surface area contributed by atoms with Crippen molar-refractivity contribution in [2.45, 2.75) is 33.2 Å². The lowest BCUT2D eigenvalue weighted by atomic mass is 10.0. The standard InChI is InChI=1S/C12H17NO4/c1-5-13(12(3,4)11(15)16)10(14)9-8(2)6-7-17-9/h6-7H,5H2,1-4H3,(H,15,16). The number of furan rings is 1. The predicted molar refractivity (Wildman–Crippen MR) is 61.9 cm³/mol. The van der Waals surface area contributed by atoms with E-state index in [1.54, 1.807) is 19.9 Å². The van der Waals surface area contributed by atoms with Crippen molar-refractivity contribution in [2.24, 2.45) is 0 Å². The molecule has 0 aliphatic heterocycles. The summed E-state index contributed by atoms with van der Waals surface area (Å²) in [5.74, 6) is -1.25. The molecule has 0 spiro atoms. The van der Waals surface area contributed by atoms with Gasteiger partial charge in [0.2, 0.25) is 0 Å². The predicted octanol–water partition coefficient (Wildman–Crippen LogP) is 1.91. The minimum Gasteiger partial charge on any atom is -0.480 e. The molecule has 0 saturated heterocycles. The van der Waals surface area contributed by atoms with E-state index >= 15 is 0 Å². The van der Waals surface area contributed by atoms with E-state index < -0.39 is 17.4 Å². The first-order valence-corrected chi connectivity index (χ1v) is 5.41. The van der Waals surface area contributed by atoms with Crippen LogP contribution in [0.25, 0.3) is 0 Å². The van der Waals surface area contributed by atoms with Gasteiger partial charge in [-0.2, -0.15) is 0 Å². The van der Waals surface area contributed by atoms with Crippen LogP contribution >= 0.6 is 0 Å². The second-order valence-electron chi connectivity index (χ2n) is 4.35. The fourth-order valence-corrected chi connectivity index (χ4v) is 1.62. The van der Waals surface area contributed by atoms with Gasteiger partial charge in [-0.1, -0.05) is 0 Å². The van der Waals surface area contributed by atoms with Crippen LogP contribution in [0, 0.1) is 6.92 Å². The molecule has 0 radical (unpaired) electrons. The Morgan fingerprint density at radius 1 is 1.47 bits per heavy atom. The third kappa shape index (κ3) is 2.33. The quantitative estimate of drug-likeness (QED) is 0.871. The number of carbonyl (C=O) groups excluding carboxylic acids is 1. The molecule has 0 unspecified atom stereocenters. The number of carbonyl (C=O) groups is 2. The number of hydrogen-bond donors (Lipinski definition) is 1. The number of aryl methyl sites for hydroxylation is 1. The van der Waals surface area contributed by atoms with Gasteiger partial charge in [0.05, 0.1) is 6.26 Å². The minimum absolute atomic E-state index is 0.196. The Hall–Kier alpha value is -1.78. The molecule has 1 N–H and O–H groups in total. The zero-order chi connectivity index (χ0) is 13.2. The van der Waals surface area contributed by atoms with E-state index in [0.29, 0.717) is 12.1 Å². The highest BCUT2D eigenvalue weighted by molar-refractivity contribution is 5.96. The van der Waals surface area contributed by atoms with Crippen molar-refractivity contribution in [1.29, 1.82) is 0 Å². The first-order valence-electron chi connectivity index (χ1n) is 5.41. The van der Waals surface area contributed by atoms with E-state index in [2.05, 4.69) is 0 Å². The summed E-state index contributed by atoms with van der Waals surface area (Å²) in [6.45, 7) is 6.78. The largest absolute Gasteiger partial charge is 0.480 e. The van der Waals surface area contributed by atoms with Gasteiger partial charge in [0, 0.05) is 12.1 Å². The van der Waals surface area contributed by atoms with Crippen LogP contribution in [0.3, 0.4) is 0 Å². The maximum absolute atomic E-state index is 12.2. The molecule has 1 amide bonds. The molecule has 0 saturated carbocycles. The molecule has 0 atom stereocenters. The average Bonchev–Trinajstić information content (AvgIpc) is 2.64. The van der Waals surface area contributed by atoms with Crippen molar-refractivity contribution >= 4 is 11.9 Å². The molecule has 0 bridgehead atoms. The maximum Gasteiger partial charge on any atom is 0.329 e. The third-order valence-corrected chi connectivity index (χ3v) is 2.82. The van der Waals surface area contributed by atoms with E-state index in [1.807, 2.05) is 0 Å². The molecule has 0 aliphatic rings. The first-order chi connectivity index (χ1) is 7.82. The molecular weight excluding hydrogens is 222 g/mol. The van der Waals surface area contributed by atoms with E-state index in [9.17, 15) is 9.59 Å². The number of carboxylic acids is 1. The Morgan fingerprint density at radius 3 is 2.41 bits per heavy atom. The van der Waals surface area contributed by atoms with Gasteiger partial charge in [0.1, 0.15) is 5.54 Å². The molecule has 5 nitrogen and oxygen atoms in total. The summed E-state index contributed by atoms with van der Waals surface area (Å²) in [4.78, 5) is 24.6. The molecule has 0 aliphatic carbocycles. The van der Waals surface area contributed by atoms with Crippen LogP contribution in [0.1, 0.15) is 36.9 Å². The van der Waals surface area contributed by atoms with Gasteiger partial charge in [0.15, 0.2) is 5.76 Å². The zero-order valence-corrected chi connectivity index (χ0v) is 10.5. The normalized spacial score (nSPS) is 11.3. The smallest absolute Gasteiger partial charge is 0.329 e. The van der Waals surface area contributed by atoms with Gasteiger partial charge in [-0.3, -0.25) is 4.79 Å². The fourth-order valence-electron chi connectivity index (χ4n) is 1.62. The van der Waals surface area contributed by atoms with Gasteiger partial charge in [0.25, 0.3) is 5.91 Å². The van der Waals surface area contributed by atoms with E-state index in [1.165, 1.54) is 25.0 Å². The molecule has 0 fully saturated rings. The van der Waals surface area contributed by atoms with Crippen LogP contribution in [-0.2, 0) is 4.79 Å². The van der Waals surface area contributed by atoms with E-state index in [4.69, 9.17) is 9.52 Å². The summed E-state index contributed by atoms with van der Waals surface area (Å²) >= 11 is 0. The van der Waals surface area contributed by atoms with Crippen LogP contribution in [0.15, 0.2) is 16.7 Å². The monoisotopic (exact) mass is 239 g/mol. The maximum atomic E-state index is 12.2. The Balaban J connectivity index is 3.09. The van der Waals surface area contributed by atoms with Crippen molar-refractivity contribution in [3.05, 3.63) is 23.7 Å². The van der Waals surface area contributed by atoms with Gasteiger partial charge in [-0.25, -0.2) is 4.79 Å². The minimum atomic E-state index is -1.26. The second-order valence-corrected chi connectivity index (χ2v) is 4.35. The topological polar surface area (TPSA) is 70.8 Å². The Bertz CT molecular complexity index is 433. The number of likely N-dealkylation sites (N-methyl/N-ethyl adjacent to an activating group) is 1.